The smallest absolute Gasteiger partial charge is 0.609 e. The number of para-hydroxylation sites is 4. The van der Waals surface area contributed by atoms with Crippen LogP contribution >= 0.6 is 0 Å². The molecular weight excluding hydrogens is 219 g/mol. The summed E-state index contributed by atoms with van der Waals surface area (Å²) in [7, 11) is 0. The minimum Gasteiger partial charge on any atom is -0.609 e. The number of hydrogen-bond acceptors (Lipinski definition) is 4. The molecule has 0 radical (unpaired) electrons. The highest BCUT2D eigenvalue weighted by atomic mass is 16.9. The van der Waals surface area contributed by atoms with Crippen LogP contribution < -0.4 is 18.6 Å². The van der Waals surface area contributed by atoms with Gasteiger partial charge >= 0.3 is 8.38 Å². The molecule has 0 amide bonds. The molecule has 84 valence electrons. The summed E-state index contributed by atoms with van der Waals surface area (Å²) in [6.07, 6.45) is 0. The lowest BCUT2D eigenvalue weighted by Gasteiger charge is -2.27. The molecule has 0 N–H and O–H groups in total. The average Bonchev–Trinajstić information content (AvgIpc) is 2.87. The van der Waals surface area contributed by atoms with Crippen LogP contribution in [0.3, 0.4) is 0 Å². The summed E-state index contributed by atoms with van der Waals surface area (Å²) in [5.74, 6) is 2.56. The molecule has 0 saturated heterocycles. The molecular formula is C12H9BO4. The van der Waals surface area contributed by atoms with E-state index in [4.69, 9.17) is 18.6 Å². The molecule has 0 saturated carbocycles. The highest BCUT2D eigenvalue weighted by Crippen LogP contribution is 2.44. The van der Waals surface area contributed by atoms with Crippen molar-refractivity contribution in [2.24, 2.45) is 0 Å². The third-order valence-corrected chi connectivity index (χ3v) is 2.78. The summed E-state index contributed by atoms with van der Waals surface area (Å²) in [6, 6.07) is 14.8. The lowest BCUT2D eigenvalue weighted by molar-refractivity contribution is 0.224. The molecule has 2 aliphatic heterocycles. The molecule has 0 unspecified atom stereocenters. The Morgan fingerprint density at radius 2 is 0.882 bits per heavy atom. The topological polar surface area (TPSA) is 36.9 Å². The zero-order valence-corrected chi connectivity index (χ0v) is 8.83. The fraction of sp³-hybridized carbons (Fsp3) is 0. The van der Waals surface area contributed by atoms with Crippen molar-refractivity contribution in [2.75, 3.05) is 0 Å². The van der Waals surface area contributed by atoms with Crippen molar-refractivity contribution in [3.8, 4) is 23.0 Å². The maximum Gasteiger partial charge on any atom is 1.00 e. The van der Waals surface area contributed by atoms with Gasteiger partial charge in [-0.25, -0.2) is 0 Å². The summed E-state index contributed by atoms with van der Waals surface area (Å²) in [4.78, 5) is 0. The highest BCUT2D eigenvalue weighted by Gasteiger charge is 2.51. The van der Waals surface area contributed by atoms with Gasteiger partial charge in [-0.2, -0.15) is 0 Å². The van der Waals surface area contributed by atoms with Crippen LogP contribution in [-0.4, -0.2) is 6.96 Å². The maximum absolute atomic E-state index is 5.63. The van der Waals surface area contributed by atoms with Crippen LogP contribution in [0.5, 0.6) is 23.0 Å². The van der Waals surface area contributed by atoms with Gasteiger partial charge in [-0.1, -0.05) is 24.3 Å². The zero-order chi connectivity index (χ0) is 11.3. The fourth-order valence-corrected chi connectivity index (χ4v) is 2.06. The van der Waals surface area contributed by atoms with Crippen molar-refractivity contribution in [1.29, 1.82) is 0 Å². The van der Waals surface area contributed by atoms with Gasteiger partial charge in [0.1, 0.15) is 23.0 Å². The van der Waals surface area contributed by atoms with E-state index < -0.39 is 6.96 Å². The van der Waals surface area contributed by atoms with Crippen LogP contribution in [0.15, 0.2) is 48.5 Å². The highest BCUT2D eigenvalue weighted by molar-refractivity contribution is 6.59. The first-order chi connectivity index (χ1) is 8.35. The molecule has 5 heteroatoms. The Bertz CT molecular complexity index is 497. The summed E-state index contributed by atoms with van der Waals surface area (Å²) >= 11 is 0. The first-order valence-electron chi connectivity index (χ1n) is 5.41. The van der Waals surface area contributed by atoms with Gasteiger partial charge in [0, 0.05) is 0 Å². The summed E-state index contributed by atoms with van der Waals surface area (Å²) in [5, 5.41) is 0. The van der Waals surface area contributed by atoms with Crippen molar-refractivity contribution in [1.82, 2.24) is 0 Å². The van der Waals surface area contributed by atoms with Crippen molar-refractivity contribution < 1.29 is 20.0 Å². The molecule has 2 heterocycles. The second-order valence-electron chi connectivity index (χ2n) is 3.94. The molecule has 0 atom stereocenters. The third kappa shape index (κ3) is 1.19. The van der Waals surface area contributed by atoms with Crippen LogP contribution in [-0.2, 0) is 0 Å². The number of hydrogen-bond donors (Lipinski definition) is 0. The average molecular weight is 228 g/mol. The Balaban J connectivity index is 0.000001000. The minimum absolute atomic E-state index is 0. The van der Waals surface area contributed by atoms with Crippen molar-refractivity contribution in [3.05, 3.63) is 48.5 Å². The monoisotopic (exact) mass is 228 g/mol. The van der Waals surface area contributed by atoms with Gasteiger partial charge < -0.3 is 18.6 Å². The molecule has 2 aromatic carbocycles. The van der Waals surface area contributed by atoms with Crippen LogP contribution in [0.4, 0.5) is 0 Å². The van der Waals surface area contributed by atoms with Crippen LogP contribution in [0, 0.1) is 0 Å². The van der Waals surface area contributed by atoms with E-state index in [-0.39, 0.29) is 1.43 Å². The first-order valence-corrected chi connectivity index (χ1v) is 5.41. The predicted molar refractivity (Wildman–Crippen MR) is 62.3 cm³/mol. The molecule has 0 fully saturated rings. The molecule has 4 rings (SSSR count). The van der Waals surface area contributed by atoms with Gasteiger partial charge in [-0.15, -0.1) is 0 Å². The van der Waals surface area contributed by atoms with E-state index in [0.29, 0.717) is 23.0 Å². The van der Waals surface area contributed by atoms with Crippen molar-refractivity contribution >= 4 is 6.96 Å². The Hall–Kier alpha value is -2.30. The Kier molecular flexibility index (Phi) is 1.49. The van der Waals surface area contributed by atoms with Gasteiger partial charge in [-0.05, 0) is 24.3 Å². The Morgan fingerprint density at radius 1 is 0.588 bits per heavy atom. The van der Waals surface area contributed by atoms with Crippen LogP contribution in [0.25, 0.3) is 0 Å². The second-order valence-corrected chi connectivity index (χ2v) is 3.94. The van der Waals surface area contributed by atoms with E-state index in [2.05, 4.69) is 0 Å². The van der Waals surface area contributed by atoms with Gasteiger partial charge in [-0.3, -0.25) is 0 Å². The van der Waals surface area contributed by atoms with E-state index in [9.17, 15) is 0 Å². The molecule has 0 aromatic heterocycles. The van der Waals surface area contributed by atoms with E-state index in [0.717, 1.165) is 0 Å². The largest absolute Gasteiger partial charge is 1.00 e. The molecule has 2 aliphatic rings. The van der Waals surface area contributed by atoms with Crippen molar-refractivity contribution in [3.63, 3.8) is 0 Å². The third-order valence-electron chi connectivity index (χ3n) is 2.78. The Morgan fingerprint density at radius 3 is 1.18 bits per heavy atom. The lowest BCUT2D eigenvalue weighted by atomic mass is 10.1. The number of rotatable bonds is 0. The van der Waals surface area contributed by atoms with Gasteiger partial charge in [0.05, 0.1) is 0 Å². The van der Waals surface area contributed by atoms with Gasteiger partial charge in [0.15, 0.2) is 0 Å². The van der Waals surface area contributed by atoms with E-state index in [1.807, 2.05) is 48.5 Å². The van der Waals surface area contributed by atoms with Crippen LogP contribution in [0.1, 0.15) is 1.43 Å². The van der Waals surface area contributed by atoms with Gasteiger partial charge in [0.2, 0.25) is 0 Å². The fourth-order valence-electron chi connectivity index (χ4n) is 2.06. The molecule has 1 spiro atoms. The molecule has 17 heavy (non-hydrogen) atoms. The summed E-state index contributed by atoms with van der Waals surface area (Å²) in [6.45, 7) is -2.21. The minimum atomic E-state index is -2.21. The standard InChI is InChI=1S/C12H8BO4/c1-2-6-10-9(5-1)14-13(15-10)16-11-7-3-4-8-12(11)17-13/h1-8H/q-1/p+1. The first kappa shape index (κ1) is 8.81. The zero-order valence-electron chi connectivity index (χ0n) is 9.83. The van der Waals surface area contributed by atoms with E-state index in [1.54, 1.807) is 0 Å². The second kappa shape index (κ2) is 2.88. The maximum atomic E-state index is 5.63. The SMILES string of the molecule is [H+].c1ccc2c(c1)O[B-]1(O2)Oc2ccccc2O1. The predicted octanol–water partition coefficient (Wildman–Crippen LogP) is 2.48. The molecule has 4 nitrogen and oxygen atoms in total. The van der Waals surface area contributed by atoms with E-state index >= 15 is 0 Å². The molecule has 0 bridgehead atoms. The number of benzene rings is 2. The normalized spacial score (nSPS) is 17.4. The lowest BCUT2D eigenvalue weighted by Crippen LogP contribution is -2.54. The quantitative estimate of drug-likeness (QED) is 0.649. The number of fused-ring (bicyclic) bond motifs is 2. The summed E-state index contributed by atoms with van der Waals surface area (Å²) < 4.78 is 22.5. The Labute approximate surface area is 99.2 Å². The summed E-state index contributed by atoms with van der Waals surface area (Å²) in [5.41, 5.74) is 0. The van der Waals surface area contributed by atoms with Crippen LogP contribution in [0.2, 0.25) is 0 Å². The van der Waals surface area contributed by atoms with Crippen molar-refractivity contribution in [2.45, 2.75) is 0 Å². The van der Waals surface area contributed by atoms with Gasteiger partial charge in [0.25, 0.3) is 0 Å². The van der Waals surface area contributed by atoms with E-state index in [1.165, 1.54) is 0 Å². The molecule has 0 aliphatic carbocycles. The molecule has 2 aromatic rings.